The first-order chi connectivity index (χ1) is 17.9. The Kier molecular flexibility index (Phi) is 7.12. The van der Waals surface area contributed by atoms with Gasteiger partial charge in [0.25, 0.3) is 5.56 Å². The zero-order valence-electron chi connectivity index (χ0n) is 21.8. The van der Waals surface area contributed by atoms with Crippen molar-refractivity contribution in [3.63, 3.8) is 0 Å². The molecule has 4 heterocycles. The van der Waals surface area contributed by atoms with Crippen LogP contribution in [0.3, 0.4) is 0 Å². The quantitative estimate of drug-likeness (QED) is 0.343. The third kappa shape index (κ3) is 5.17. The lowest BCUT2D eigenvalue weighted by Gasteiger charge is -2.34. The highest BCUT2D eigenvalue weighted by Gasteiger charge is 2.36. The first-order valence-electron chi connectivity index (χ1n) is 12.8. The number of H-pyrrole nitrogens is 1. The fourth-order valence-electron chi connectivity index (χ4n) is 4.89. The molecule has 0 unspecified atom stereocenters. The Morgan fingerprint density at radius 3 is 2.86 bits per heavy atom. The number of nitrogens with one attached hydrogen (secondary N) is 1. The molecule has 1 aliphatic rings. The van der Waals surface area contributed by atoms with Crippen molar-refractivity contribution in [3.8, 4) is 5.75 Å². The fraction of sp³-hybridized carbons (Fsp3) is 0.481. The van der Waals surface area contributed by atoms with Crippen LogP contribution in [-0.2, 0) is 16.8 Å². The highest BCUT2D eigenvalue weighted by atomic mass is 16.5. The summed E-state index contributed by atoms with van der Waals surface area (Å²) in [6.07, 6.45) is 4.49. The van der Waals surface area contributed by atoms with E-state index in [9.17, 15) is 4.79 Å². The number of nitrogens with zero attached hydrogens (tertiary/aromatic N) is 5. The monoisotopic (exact) mass is 506 g/mol. The van der Waals surface area contributed by atoms with Gasteiger partial charge in [-0.1, -0.05) is 6.92 Å². The highest BCUT2D eigenvalue weighted by Crippen LogP contribution is 2.33. The molecule has 0 bridgehead atoms. The molecule has 4 aromatic rings. The molecule has 37 heavy (non-hydrogen) atoms. The number of aromatic amines is 1. The summed E-state index contributed by atoms with van der Waals surface area (Å²) < 4.78 is 19.0. The number of methoxy groups -OCH3 is 1. The van der Waals surface area contributed by atoms with Gasteiger partial charge in [-0.3, -0.25) is 9.69 Å². The van der Waals surface area contributed by atoms with Crippen molar-refractivity contribution < 1.29 is 13.9 Å². The van der Waals surface area contributed by atoms with Gasteiger partial charge >= 0.3 is 0 Å². The molecule has 196 valence electrons. The molecule has 0 amide bonds. The molecular formula is C27H34N6O4. The minimum atomic E-state index is -0.547. The van der Waals surface area contributed by atoms with E-state index in [-0.39, 0.29) is 17.2 Å². The SMILES string of the molecule is CCC(C)(C)n1nnnc1[C@@H](c1cc2cc(OC)ccc2[nH]c1=O)N(Cc1ccco1)C[C@H]1CCCO1. The first-order valence-corrected chi connectivity index (χ1v) is 12.8. The maximum absolute atomic E-state index is 13.7. The number of fused-ring (bicyclic) bond motifs is 1. The lowest BCUT2D eigenvalue weighted by atomic mass is 9.98. The normalized spacial score (nSPS) is 17.1. The van der Waals surface area contributed by atoms with E-state index in [1.165, 1.54) is 0 Å². The van der Waals surface area contributed by atoms with Crippen molar-refractivity contribution in [1.29, 1.82) is 0 Å². The lowest BCUT2D eigenvalue weighted by Crippen LogP contribution is -2.41. The number of hydrogen-bond donors (Lipinski definition) is 1. The number of aromatic nitrogens is 5. The molecule has 10 nitrogen and oxygen atoms in total. The van der Waals surface area contributed by atoms with E-state index in [0.29, 0.717) is 30.2 Å². The van der Waals surface area contributed by atoms with Crippen molar-refractivity contribution in [3.05, 3.63) is 70.2 Å². The zero-order chi connectivity index (χ0) is 26.0. The molecule has 1 aliphatic heterocycles. The van der Waals surface area contributed by atoms with Gasteiger partial charge in [0.05, 0.1) is 31.6 Å². The number of pyridine rings is 1. The zero-order valence-corrected chi connectivity index (χ0v) is 21.8. The third-order valence-electron chi connectivity index (χ3n) is 7.32. The number of ether oxygens (including phenoxy) is 2. The lowest BCUT2D eigenvalue weighted by molar-refractivity contribution is 0.0534. The van der Waals surface area contributed by atoms with E-state index in [1.54, 1.807) is 13.4 Å². The number of hydrogen-bond acceptors (Lipinski definition) is 8. The molecular weight excluding hydrogens is 472 g/mol. The van der Waals surface area contributed by atoms with Gasteiger partial charge in [0.1, 0.15) is 17.6 Å². The molecule has 5 rings (SSSR count). The number of rotatable bonds is 10. The topological polar surface area (TPSA) is 111 Å². The molecule has 2 atom stereocenters. The van der Waals surface area contributed by atoms with Gasteiger partial charge in [0.15, 0.2) is 5.82 Å². The smallest absolute Gasteiger partial charge is 0.253 e. The maximum Gasteiger partial charge on any atom is 0.253 e. The van der Waals surface area contributed by atoms with E-state index < -0.39 is 6.04 Å². The first kappa shape index (κ1) is 25.2. The molecule has 3 aromatic heterocycles. The van der Waals surface area contributed by atoms with Crippen LogP contribution in [0.15, 0.2) is 51.9 Å². The van der Waals surface area contributed by atoms with Crippen LogP contribution in [-0.4, -0.2) is 56.5 Å². The van der Waals surface area contributed by atoms with Gasteiger partial charge in [-0.15, -0.1) is 5.10 Å². The number of benzene rings is 1. The Bertz CT molecular complexity index is 1390. The van der Waals surface area contributed by atoms with E-state index >= 15 is 0 Å². The van der Waals surface area contributed by atoms with Gasteiger partial charge in [-0.25, -0.2) is 4.68 Å². The van der Waals surface area contributed by atoms with Crippen LogP contribution in [0, 0.1) is 0 Å². The van der Waals surface area contributed by atoms with Crippen molar-refractivity contribution in [1.82, 2.24) is 30.1 Å². The molecule has 0 spiro atoms. The summed E-state index contributed by atoms with van der Waals surface area (Å²) in [6.45, 7) is 8.09. The predicted molar refractivity (Wildman–Crippen MR) is 138 cm³/mol. The van der Waals surface area contributed by atoms with Crippen molar-refractivity contribution in [2.45, 2.75) is 64.3 Å². The molecule has 1 fully saturated rings. The van der Waals surface area contributed by atoms with Gasteiger partial charge < -0.3 is 18.9 Å². The minimum Gasteiger partial charge on any atom is -0.497 e. The van der Waals surface area contributed by atoms with Crippen LogP contribution in [0.1, 0.15) is 63.2 Å². The summed E-state index contributed by atoms with van der Waals surface area (Å²) in [5.41, 5.74) is 0.736. The summed E-state index contributed by atoms with van der Waals surface area (Å²) in [7, 11) is 1.63. The van der Waals surface area contributed by atoms with Crippen molar-refractivity contribution in [2.24, 2.45) is 0 Å². The summed E-state index contributed by atoms with van der Waals surface area (Å²) in [5, 5.41) is 13.8. The summed E-state index contributed by atoms with van der Waals surface area (Å²) in [4.78, 5) is 18.9. The van der Waals surface area contributed by atoms with Crippen LogP contribution >= 0.6 is 0 Å². The van der Waals surface area contributed by atoms with Gasteiger partial charge in [0, 0.05) is 29.6 Å². The summed E-state index contributed by atoms with van der Waals surface area (Å²) in [5.74, 6) is 2.10. The van der Waals surface area contributed by atoms with Crippen molar-refractivity contribution >= 4 is 10.9 Å². The summed E-state index contributed by atoms with van der Waals surface area (Å²) >= 11 is 0. The van der Waals surface area contributed by atoms with Crippen LogP contribution in [0.4, 0.5) is 0 Å². The van der Waals surface area contributed by atoms with Gasteiger partial charge in [-0.05, 0) is 79.9 Å². The Balaban J connectivity index is 1.70. The molecule has 1 N–H and O–H groups in total. The van der Waals surface area contributed by atoms with Gasteiger partial charge in [-0.2, -0.15) is 0 Å². The van der Waals surface area contributed by atoms with E-state index in [0.717, 1.165) is 42.5 Å². The van der Waals surface area contributed by atoms with Crippen LogP contribution in [0.2, 0.25) is 0 Å². The van der Waals surface area contributed by atoms with Crippen LogP contribution < -0.4 is 10.3 Å². The Labute approximate surface area is 215 Å². The average molecular weight is 507 g/mol. The molecule has 0 saturated carbocycles. The molecule has 10 heteroatoms. The second-order valence-electron chi connectivity index (χ2n) is 10.2. The Hall–Kier alpha value is -3.50. The molecule has 1 saturated heterocycles. The van der Waals surface area contributed by atoms with E-state index in [2.05, 4.69) is 46.2 Å². The number of tetrazole rings is 1. The van der Waals surface area contributed by atoms with E-state index in [1.807, 2.05) is 41.1 Å². The highest BCUT2D eigenvalue weighted by molar-refractivity contribution is 5.80. The third-order valence-corrected chi connectivity index (χ3v) is 7.32. The second-order valence-corrected chi connectivity index (χ2v) is 10.2. The Morgan fingerprint density at radius 2 is 2.16 bits per heavy atom. The van der Waals surface area contributed by atoms with Crippen LogP contribution in [0.25, 0.3) is 10.9 Å². The fourth-order valence-corrected chi connectivity index (χ4v) is 4.89. The number of furan rings is 1. The van der Waals surface area contributed by atoms with Crippen molar-refractivity contribution in [2.75, 3.05) is 20.3 Å². The molecule has 1 aromatic carbocycles. The second kappa shape index (κ2) is 10.5. The van der Waals surface area contributed by atoms with E-state index in [4.69, 9.17) is 13.9 Å². The average Bonchev–Trinajstić information content (AvgIpc) is 3.68. The predicted octanol–water partition coefficient (Wildman–Crippen LogP) is 4.03. The van der Waals surface area contributed by atoms with Crippen LogP contribution in [0.5, 0.6) is 5.75 Å². The maximum atomic E-state index is 13.7. The minimum absolute atomic E-state index is 0.0422. The largest absolute Gasteiger partial charge is 0.497 e. The summed E-state index contributed by atoms with van der Waals surface area (Å²) in [6, 6.07) is 10.8. The standard InChI is InChI=1S/C27H34N6O4/c1-5-27(2,3)33-25(29-30-31-33)24(22-15-18-14-19(35-4)10-11-23(18)28-26(22)34)32(16-20-8-6-12-36-20)17-21-9-7-13-37-21/h6,8,10-12,14-15,21,24H,5,7,9,13,16-17H2,1-4H3,(H,28,34)/t21-,24-/m1/s1. The molecule has 0 radical (unpaired) electrons. The van der Waals surface area contributed by atoms with Gasteiger partial charge in [0.2, 0.25) is 0 Å². The Morgan fingerprint density at radius 1 is 1.30 bits per heavy atom. The molecule has 0 aliphatic carbocycles.